The molecule has 0 aliphatic heterocycles. The zero-order valence-corrected chi connectivity index (χ0v) is 11.1. The Morgan fingerprint density at radius 3 is 2.16 bits per heavy atom. The fourth-order valence-corrected chi connectivity index (χ4v) is 1.70. The van der Waals surface area contributed by atoms with E-state index in [2.05, 4.69) is 0 Å². The zero-order chi connectivity index (χ0) is 14.0. The summed E-state index contributed by atoms with van der Waals surface area (Å²) in [5.41, 5.74) is 1.49. The first-order valence-electron chi connectivity index (χ1n) is 5.92. The molecule has 0 aliphatic carbocycles. The Morgan fingerprint density at radius 2 is 1.63 bits per heavy atom. The highest BCUT2D eigenvalue weighted by Crippen LogP contribution is 2.23. The van der Waals surface area contributed by atoms with Crippen molar-refractivity contribution in [3.05, 3.63) is 47.7 Å². The first-order valence-corrected chi connectivity index (χ1v) is 5.92. The van der Waals surface area contributed by atoms with E-state index in [1.165, 1.54) is 11.8 Å². The van der Waals surface area contributed by atoms with Crippen LogP contribution in [0.15, 0.2) is 40.8 Å². The topological polar surface area (TPSA) is 50.5 Å². The van der Waals surface area contributed by atoms with Crippen LogP contribution >= 0.6 is 0 Å². The van der Waals surface area contributed by atoms with Crippen LogP contribution in [0.1, 0.15) is 27.8 Å². The van der Waals surface area contributed by atoms with Crippen LogP contribution < -0.4 is 0 Å². The molecule has 0 saturated carbocycles. The van der Waals surface area contributed by atoms with Crippen LogP contribution in [-0.2, 0) is 0 Å². The number of furan rings is 1. The highest BCUT2D eigenvalue weighted by molar-refractivity contribution is 5.94. The third-order valence-electron chi connectivity index (χ3n) is 2.80. The molecule has 19 heavy (non-hydrogen) atoms. The summed E-state index contributed by atoms with van der Waals surface area (Å²) in [6.45, 7) is 1.52. The number of ketones is 1. The Labute approximate surface area is 111 Å². The molecular weight excluding hydrogens is 242 g/mol. The lowest BCUT2D eigenvalue weighted by atomic mass is 10.1. The number of hydrogen-bond donors (Lipinski definition) is 0. The molecule has 0 N–H and O–H groups in total. The quantitative estimate of drug-likeness (QED) is 0.794. The van der Waals surface area contributed by atoms with E-state index in [9.17, 15) is 9.59 Å². The Bertz CT molecular complexity index is 609. The lowest BCUT2D eigenvalue weighted by Gasteiger charge is -2.06. The molecule has 4 nitrogen and oxygen atoms in total. The molecule has 0 aliphatic rings. The maximum absolute atomic E-state index is 11.7. The van der Waals surface area contributed by atoms with Gasteiger partial charge in [-0.1, -0.05) is 24.3 Å². The summed E-state index contributed by atoms with van der Waals surface area (Å²) in [5, 5.41) is 0. The molecular formula is C15H15NO3. The second kappa shape index (κ2) is 5.10. The number of hydrogen-bond acceptors (Lipinski definition) is 3. The third-order valence-corrected chi connectivity index (χ3v) is 2.80. The van der Waals surface area contributed by atoms with Gasteiger partial charge in [-0.25, -0.2) is 0 Å². The number of amides is 1. The normalized spacial score (nSPS) is 10.3. The lowest BCUT2D eigenvalue weighted by Crippen LogP contribution is -2.20. The van der Waals surface area contributed by atoms with Gasteiger partial charge in [0.1, 0.15) is 5.76 Å². The van der Waals surface area contributed by atoms with Crippen molar-refractivity contribution in [1.29, 1.82) is 0 Å². The van der Waals surface area contributed by atoms with Gasteiger partial charge >= 0.3 is 0 Å². The van der Waals surface area contributed by atoms with Gasteiger partial charge < -0.3 is 9.32 Å². The van der Waals surface area contributed by atoms with Gasteiger partial charge in [0.25, 0.3) is 5.91 Å². The van der Waals surface area contributed by atoms with E-state index < -0.39 is 0 Å². The van der Waals surface area contributed by atoms with Gasteiger partial charge in [-0.05, 0) is 19.1 Å². The van der Waals surface area contributed by atoms with E-state index >= 15 is 0 Å². The van der Waals surface area contributed by atoms with Gasteiger partial charge in [0.2, 0.25) is 0 Å². The zero-order valence-electron chi connectivity index (χ0n) is 11.1. The standard InChI is InChI=1S/C15H15NO3/c1-10(17)11-4-6-12(7-5-11)13-8-9-14(19-13)15(18)16(2)3/h4-9H,1-3H3. The molecule has 1 aromatic carbocycles. The summed E-state index contributed by atoms with van der Waals surface area (Å²) in [6, 6.07) is 10.5. The predicted molar refractivity (Wildman–Crippen MR) is 72.2 cm³/mol. The van der Waals surface area contributed by atoms with Gasteiger partial charge in [-0.2, -0.15) is 0 Å². The number of rotatable bonds is 3. The first kappa shape index (κ1) is 13.1. The second-order valence-corrected chi connectivity index (χ2v) is 4.50. The van der Waals surface area contributed by atoms with Gasteiger partial charge in [-0.3, -0.25) is 9.59 Å². The van der Waals surface area contributed by atoms with E-state index in [1.54, 1.807) is 50.5 Å². The van der Waals surface area contributed by atoms with Crippen LogP contribution in [0.3, 0.4) is 0 Å². The SMILES string of the molecule is CC(=O)c1ccc(-c2ccc(C(=O)N(C)C)o2)cc1. The van der Waals surface area contributed by atoms with E-state index in [0.29, 0.717) is 17.1 Å². The van der Waals surface area contributed by atoms with Crippen LogP contribution in [0.2, 0.25) is 0 Å². The molecule has 2 rings (SSSR count). The molecule has 0 atom stereocenters. The Balaban J connectivity index is 2.28. The average molecular weight is 257 g/mol. The summed E-state index contributed by atoms with van der Waals surface area (Å²) < 4.78 is 5.52. The van der Waals surface area contributed by atoms with Crippen LogP contribution in [0.25, 0.3) is 11.3 Å². The van der Waals surface area contributed by atoms with Crippen molar-refractivity contribution in [3.8, 4) is 11.3 Å². The van der Waals surface area contributed by atoms with Gasteiger partial charge in [0.15, 0.2) is 11.5 Å². The van der Waals surface area contributed by atoms with Crippen molar-refractivity contribution in [2.24, 2.45) is 0 Å². The summed E-state index contributed by atoms with van der Waals surface area (Å²) in [6.07, 6.45) is 0. The predicted octanol–water partition coefficient (Wildman–Crippen LogP) is 2.85. The number of carbonyl (C=O) groups is 2. The second-order valence-electron chi connectivity index (χ2n) is 4.50. The van der Waals surface area contributed by atoms with Crippen molar-refractivity contribution in [2.45, 2.75) is 6.92 Å². The molecule has 4 heteroatoms. The van der Waals surface area contributed by atoms with Crippen LogP contribution in [0.4, 0.5) is 0 Å². The first-order chi connectivity index (χ1) is 8.99. The fraction of sp³-hybridized carbons (Fsp3) is 0.200. The summed E-state index contributed by atoms with van der Waals surface area (Å²) >= 11 is 0. The number of carbonyl (C=O) groups excluding carboxylic acids is 2. The monoisotopic (exact) mass is 257 g/mol. The molecule has 0 fully saturated rings. The largest absolute Gasteiger partial charge is 0.451 e. The highest BCUT2D eigenvalue weighted by atomic mass is 16.4. The minimum atomic E-state index is -0.174. The summed E-state index contributed by atoms with van der Waals surface area (Å²) in [7, 11) is 3.35. The molecule has 1 amide bonds. The number of benzene rings is 1. The molecule has 0 radical (unpaired) electrons. The van der Waals surface area contributed by atoms with Gasteiger partial charge in [0, 0.05) is 25.2 Å². The maximum Gasteiger partial charge on any atom is 0.289 e. The lowest BCUT2D eigenvalue weighted by molar-refractivity contribution is 0.0797. The van der Waals surface area contributed by atoms with E-state index in [0.717, 1.165) is 5.56 Å². The minimum Gasteiger partial charge on any atom is -0.451 e. The third kappa shape index (κ3) is 2.73. The molecule has 2 aromatic rings. The Morgan fingerprint density at radius 1 is 1.00 bits per heavy atom. The van der Waals surface area contributed by atoms with Crippen LogP contribution in [0.5, 0.6) is 0 Å². The van der Waals surface area contributed by atoms with E-state index in [1.807, 2.05) is 0 Å². The summed E-state index contributed by atoms with van der Waals surface area (Å²) in [5.74, 6) is 0.761. The van der Waals surface area contributed by atoms with E-state index in [-0.39, 0.29) is 11.7 Å². The van der Waals surface area contributed by atoms with Gasteiger partial charge in [-0.15, -0.1) is 0 Å². The summed E-state index contributed by atoms with van der Waals surface area (Å²) in [4.78, 5) is 24.4. The number of Topliss-reactive ketones (excluding diaryl/α,β-unsaturated/α-hetero) is 1. The number of nitrogens with zero attached hydrogens (tertiary/aromatic N) is 1. The minimum absolute atomic E-state index is 0.0227. The average Bonchev–Trinajstić information content (AvgIpc) is 2.87. The van der Waals surface area contributed by atoms with Crippen molar-refractivity contribution in [1.82, 2.24) is 4.90 Å². The van der Waals surface area contributed by atoms with E-state index in [4.69, 9.17) is 4.42 Å². The van der Waals surface area contributed by atoms with Crippen molar-refractivity contribution in [2.75, 3.05) is 14.1 Å². The molecule has 0 bridgehead atoms. The fourth-order valence-electron chi connectivity index (χ4n) is 1.70. The van der Waals surface area contributed by atoms with Crippen molar-refractivity contribution >= 4 is 11.7 Å². The Hall–Kier alpha value is -2.36. The van der Waals surface area contributed by atoms with Gasteiger partial charge in [0.05, 0.1) is 0 Å². The molecule has 0 unspecified atom stereocenters. The van der Waals surface area contributed by atoms with Crippen molar-refractivity contribution in [3.63, 3.8) is 0 Å². The maximum atomic E-state index is 11.7. The molecule has 98 valence electrons. The Kier molecular flexibility index (Phi) is 3.51. The molecule has 1 heterocycles. The highest BCUT2D eigenvalue weighted by Gasteiger charge is 2.13. The molecule has 1 aromatic heterocycles. The molecule has 0 spiro atoms. The van der Waals surface area contributed by atoms with Crippen molar-refractivity contribution < 1.29 is 14.0 Å². The van der Waals surface area contributed by atoms with Crippen LogP contribution in [0, 0.1) is 0 Å². The molecule has 0 saturated heterocycles. The van der Waals surface area contributed by atoms with Crippen LogP contribution in [-0.4, -0.2) is 30.7 Å². The smallest absolute Gasteiger partial charge is 0.289 e.